The molecule has 4 heterocycles. The molecule has 1 aromatic heterocycles. The highest BCUT2D eigenvalue weighted by molar-refractivity contribution is 6.39. The number of halogens is 1. The monoisotopic (exact) mass is 387 g/mol. The van der Waals surface area contributed by atoms with Crippen LogP contribution in [0.3, 0.4) is 0 Å². The molecular weight excluding hydrogens is 361 g/mol. The van der Waals surface area contributed by atoms with E-state index in [1.54, 1.807) is 17.3 Å². The number of rotatable bonds is 4. The van der Waals surface area contributed by atoms with Crippen molar-refractivity contribution in [3.05, 3.63) is 23.8 Å². The van der Waals surface area contributed by atoms with Crippen molar-refractivity contribution in [3.8, 4) is 0 Å². The Kier molecular flexibility index (Phi) is 4.15. The van der Waals surface area contributed by atoms with E-state index in [1.165, 1.54) is 0 Å². The van der Waals surface area contributed by atoms with Gasteiger partial charge in [-0.25, -0.2) is 4.39 Å². The number of oxime groups is 1. The zero-order valence-corrected chi connectivity index (χ0v) is 16.2. The van der Waals surface area contributed by atoms with Crippen molar-refractivity contribution in [2.24, 2.45) is 11.1 Å². The molecule has 1 aromatic rings. The molecule has 1 aliphatic carbocycles. The SMILES string of the molecule is Cc1cncc(CN2CCC[C@@]3(CC(C(=O)N4CC(F)(C5CC5)C4)=NO3)C2)n1. The molecule has 0 N–H and O–H groups in total. The summed E-state index contributed by atoms with van der Waals surface area (Å²) in [6.45, 7) is 4.73. The Morgan fingerprint density at radius 1 is 1.32 bits per heavy atom. The Morgan fingerprint density at radius 3 is 2.89 bits per heavy atom. The number of hydrogen-bond acceptors (Lipinski definition) is 6. The summed E-state index contributed by atoms with van der Waals surface area (Å²) < 4.78 is 14.5. The predicted octanol–water partition coefficient (Wildman–Crippen LogP) is 1.86. The molecule has 0 radical (unpaired) electrons. The van der Waals surface area contributed by atoms with Crippen LogP contribution < -0.4 is 0 Å². The van der Waals surface area contributed by atoms with E-state index in [9.17, 15) is 9.18 Å². The first kappa shape index (κ1) is 18.0. The number of carbonyl (C=O) groups excluding carboxylic acids is 1. The standard InChI is InChI=1S/C20H26FN5O2/c1-14-8-22-9-16(23-14)10-25-6-2-5-19(11-25)7-17(24-28-19)18(27)26-12-20(21,13-26)15-3-4-15/h8-9,15H,2-7,10-13H2,1H3/t19-/m1/s1. The van der Waals surface area contributed by atoms with Gasteiger partial charge in [0.2, 0.25) is 0 Å². The summed E-state index contributed by atoms with van der Waals surface area (Å²) in [4.78, 5) is 31.1. The van der Waals surface area contributed by atoms with Gasteiger partial charge in [-0.05, 0) is 45.1 Å². The number of hydrogen-bond donors (Lipinski definition) is 0. The van der Waals surface area contributed by atoms with Crippen LogP contribution in [0, 0.1) is 12.8 Å². The third-order valence-corrected chi connectivity index (χ3v) is 6.40. The molecule has 4 aliphatic rings. The van der Waals surface area contributed by atoms with E-state index in [2.05, 4.69) is 20.0 Å². The van der Waals surface area contributed by atoms with Gasteiger partial charge in [-0.3, -0.25) is 19.7 Å². The van der Waals surface area contributed by atoms with Crippen LogP contribution in [-0.2, 0) is 16.2 Å². The number of aromatic nitrogens is 2. The lowest BCUT2D eigenvalue weighted by atomic mass is 9.86. The van der Waals surface area contributed by atoms with Crippen molar-refractivity contribution in [1.29, 1.82) is 0 Å². The molecule has 1 saturated carbocycles. The summed E-state index contributed by atoms with van der Waals surface area (Å²) in [6.07, 6.45) is 7.80. The summed E-state index contributed by atoms with van der Waals surface area (Å²) in [5, 5.41) is 4.13. The third-order valence-electron chi connectivity index (χ3n) is 6.40. The fourth-order valence-electron chi connectivity index (χ4n) is 4.77. The lowest BCUT2D eigenvalue weighted by Crippen LogP contribution is -2.63. The Morgan fingerprint density at radius 2 is 2.14 bits per heavy atom. The smallest absolute Gasteiger partial charge is 0.272 e. The topological polar surface area (TPSA) is 70.9 Å². The number of likely N-dealkylation sites (tertiary alicyclic amines) is 2. The van der Waals surface area contributed by atoms with Crippen LogP contribution >= 0.6 is 0 Å². The van der Waals surface area contributed by atoms with Crippen LogP contribution in [0.2, 0.25) is 0 Å². The minimum Gasteiger partial charge on any atom is -0.387 e. The van der Waals surface area contributed by atoms with Gasteiger partial charge in [-0.1, -0.05) is 5.16 Å². The fraction of sp³-hybridized carbons (Fsp3) is 0.700. The second-order valence-corrected chi connectivity index (χ2v) is 8.93. The average Bonchev–Trinajstić information content (AvgIpc) is 3.42. The molecule has 7 nitrogen and oxygen atoms in total. The van der Waals surface area contributed by atoms with Crippen molar-refractivity contribution in [1.82, 2.24) is 19.8 Å². The minimum absolute atomic E-state index is 0.154. The molecule has 5 rings (SSSR count). The highest BCUT2D eigenvalue weighted by atomic mass is 19.1. The highest BCUT2D eigenvalue weighted by Crippen LogP contribution is 2.47. The first-order chi connectivity index (χ1) is 13.4. The van der Waals surface area contributed by atoms with Crippen LogP contribution in [0.4, 0.5) is 4.39 Å². The number of carbonyl (C=O) groups is 1. The molecule has 0 aromatic carbocycles. The summed E-state index contributed by atoms with van der Waals surface area (Å²) in [5.41, 5.74) is 0.669. The van der Waals surface area contributed by atoms with Crippen molar-refractivity contribution < 1.29 is 14.0 Å². The second-order valence-electron chi connectivity index (χ2n) is 8.93. The van der Waals surface area contributed by atoms with Crippen LogP contribution in [0.15, 0.2) is 17.5 Å². The number of nitrogens with zero attached hydrogens (tertiary/aromatic N) is 5. The lowest BCUT2D eigenvalue weighted by Gasteiger charge is -2.44. The van der Waals surface area contributed by atoms with E-state index in [-0.39, 0.29) is 24.9 Å². The maximum Gasteiger partial charge on any atom is 0.272 e. The van der Waals surface area contributed by atoms with E-state index in [1.807, 2.05) is 6.92 Å². The van der Waals surface area contributed by atoms with Gasteiger partial charge in [0, 0.05) is 31.9 Å². The number of aryl methyl sites for hydroxylation is 1. The van der Waals surface area contributed by atoms with Gasteiger partial charge in [0.25, 0.3) is 5.91 Å². The van der Waals surface area contributed by atoms with E-state index >= 15 is 0 Å². The Bertz CT molecular complexity index is 821. The quantitative estimate of drug-likeness (QED) is 0.789. The summed E-state index contributed by atoms with van der Waals surface area (Å²) >= 11 is 0. The molecule has 3 fully saturated rings. The maximum atomic E-state index is 14.5. The molecule has 2 saturated heterocycles. The Labute approximate surface area is 163 Å². The largest absolute Gasteiger partial charge is 0.387 e. The molecular formula is C20H26FN5O2. The second kappa shape index (κ2) is 6.47. The molecule has 3 aliphatic heterocycles. The number of amides is 1. The van der Waals surface area contributed by atoms with Crippen molar-refractivity contribution >= 4 is 11.6 Å². The zero-order valence-electron chi connectivity index (χ0n) is 16.2. The maximum absolute atomic E-state index is 14.5. The third kappa shape index (κ3) is 3.27. The first-order valence-electron chi connectivity index (χ1n) is 10.2. The Balaban J connectivity index is 1.18. The molecule has 1 atom stereocenters. The normalized spacial score (nSPS) is 29.4. The molecule has 0 bridgehead atoms. The molecule has 150 valence electrons. The van der Waals surface area contributed by atoms with Crippen LogP contribution in [0.25, 0.3) is 0 Å². The number of piperidine rings is 1. The van der Waals surface area contributed by atoms with E-state index < -0.39 is 11.3 Å². The fourth-order valence-corrected chi connectivity index (χ4v) is 4.77. The highest BCUT2D eigenvalue weighted by Gasteiger charge is 2.56. The van der Waals surface area contributed by atoms with Crippen molar-refractivity contribution in [3.63, 3.8) is 0 Å². The Hall–Kier alpha value is -2.09. The van der Waals surface area contributed by atoms with E-state index in [4.69, 9.17) is 4.84 Å². The summed E-state index contributed by atoms with van der Waals surface area (Å²) in [5.74, 6) is -0.00578. The van der Waals surface area contributed by atoms with Crippen LogP contribution in [0.5, 0.6) is 0 Å². The van der Waals surface area contributed by atoms with E-state index in [0.29, 0.717) is 25.2 Å². The molecule has 1 spiro atoms. The van der Waals surface area contributed by atoms with Crippen molar-refractivity contribution in [2.75, 3.05) is 26.2 Å². The molecule has 0 unspecified atom stereocenters. The van der Waals surface area contributed by atoms with Gasteiger partial charge in [0.05, 0.1) is 24.5 Å². The zero-order chi connectivity index (χ0) is 19.4. The van der Waals surface area contributed by atoms with Gasteiger partial charge < -0.3 is 9.74 Å². The van der Waals surface area contributed by atoms with Gasteiger partial charge >= 0.3 is 0 Å². The molecule has 8 heteroatoms. The van der Waals surface area contributed by atoms with E-state index in [0.717, 1.165) is 43.6 Å². The lowest BCUT2D eigenvalue weighted by molar-refractivity contribution is -0.139. The van der Waals surface area contributed by atoms with Gasteiger partial charge in [0.15, 0.2) is 5.60 Å². The van der Waals surface area contributed by atoms with Crippen LogP contribution in [0.1, 0.15) is 43.5 Å². The van der Waals surface area contributed by atoms with Crippen molar-refractivity contribution in [2.45, 2.75) is 56.8 Å². The molecule has 28 heavy (non-hydrogen) atoms. The minimum atomic E-state index is -1.16. The van der Waals surface area contributed by atoms with Gasteiger partial charge in [0.1, 0.15) is 11.4 Å². The predicted molar refractivity (Wildman–Crippen MR) is 100 cm³/mol. The first-order valence-corrected chi connectivity index (χ1v) is 10.2. The number of alkyl halides is 1. The van der Waals surface area contributed by atoms with Crippen LogP contribution in [-0.4, -0.2) is 68.8 Å². The molecule has 1 amide bonds. The summed E-state index contributed by atoms with van der Waals surface area (Å²) in [7, 11) is 0. The average molecular weight is 387 g/mol. The van der Waals surface area contributed by atoms with Gasteiger partial charge in [-0.15, -0.1) is 0 Å². The van der Waals surface area contributed by atoms with Gasteiger partial charge in [-0.2, -0.15) is 0 Å². The summed E-state index contributed by atoms with van der Waals surface area (Å²) in [6, 6.07) is 0.